The molecule has 1 atom stereocenters. The molecule has 1 N–H and O–H groups in total. The standard InChI is InChI=1S/C26H20BrNO6/c1-3-32-18-6-4-5-17(13-18)28-23(20-9-7-14(2)33-20)22(25(30)26(28)31)24(29)21-12-15-11-16(27)8-10-19(15)34-21/h4-13,23,30H,3H2,1-2H3. The van der Waals surface area contributed by atoms with Gasteiger partial charge in [-0.3, -0.25) is 14.5 Å². The fourth-order valence-electron chi connectivity index (χ4n) is 4.12. The molecule has 1 aliphatic heterocycles. The van der Waals surface area contributed by atoms with Crippen molar-refractivity contribution >= 4 is 44.3 Å². The first-order valence-corrected chi connectivity index (χ1v) is 11.5. The van der Waals surface area contributed by atoms with Gasteiger partial charge in [-0.25, -0.2) is 0 Å². The zero-order valence-corrected chi connectivity index (χ0v) is 20.0. The smallest absolute Gasteiger partial charge is 0.294 e. The van der Waals surface area contributed by atoms with Gasteiger partial charge in [-0.2, -0.15) is 0 Å². The molecule has 34 heavy (non-hydrogen) atoms. The lowest BCUT2D eigenvalue weighted by Gasteiger charge is -2.25. The first kappa shape index (κ1) is 22.0. The summed E-state index contributed by atoms with van der Waals surface area (Å²) in [6, 6.07) is 16.3. The van der Waals surface area contributed by atoms with Crippen molar-refractivity contribution in [3.63, 3.8) is 0 Å². The number of fused-ring (bicyclic) bond motifs is 1. The van der Waals surface area contributed by atoms with E-state index >= 15 is 0 Å². The summed E-state index contributed by atoms with van der Waals surface area (Å²) in [5, 5.41) is 11.6. The van der Waals surface area contributed by atoms with Crippen LogP contribution in [0.15, 0.2) is 85.3 Å². The molecule has 0 fully saturated rings. The van der Waals surface area contributed by atoms with Crippen molar-refractivity contribution < 1.29 is 28.3 Å². The summed E-state index contributed by atoms with van der Waals surface area (Å²) in [6.45, 7) is 4.08. The number of carbonyl (C=O) groups excluding carboxylic acids is 2. The van der Waals surface area contributed by atoms with E-state index in [-0.39, 0.29) is 11.3 Å². The van der Waals surface area contributed by atoms with Gasteiger partial charge in [0.25, 0.3) is 5.91 Å². The summed E-state index contributed by atoms with van der Waals surface area (Å²) in [5.41, 5.74) is 0.861. The summed E-state index contributed by atoms with van der Waals surface area (Å²) in [6.07, 6.45) is 0. The molecule has 5 rings (SSSR count). The summed E-state index contributed by atoms with van der Waals surface area (Å²) < 4.78 is 18.0. The minimum atomic E-state index is -0.981. The highest BCUT2D eigenvalue weighted by atomic mass is 79.9. The first-order chi connectivity index (χ1) is 16.4. The van der Waals surface area contributed by atoms with Crippen molar-refractivity contribution in [2.24, 2.45) is 0 Å². The molecule has 1 unspecified atom stereocenters. The molecule has 0 saturated heterocycles. The van der Waals surface area contributed by atoms with Gasteiger partial charge in [-0.15, -0.1) is 0 Å². The Balaban J connectivity index is 1.63. The molecule has 0 saturated carbocycles. The maximum atomic E-state index is 13.6. The van der Waals surface area contributed by atoms with Crippen molar-refractivity contribution in [3.05, 3.63) is 93.7 Å². The van der Waals surface area contributed by atoms with Crippen LogP contribution in [0.25, 0.3) is 11.0 Å². The van der Waals surface area contributed by atoms with Crippen molar-refractivity contribution in [3.8, 4) is 5.75 Å². The second-order valence-corrected chi connectivity index (χ2v) is 8.76. The van der Waals surface area contributed by atoms with Crippen LogP contribution in [0.1, 0.15) is 35.0 Å². The zero-order chi connectivity index (χ0) is 24.0. The lowest BCUT2D eigenvalue weighted by molar-refractivity contribution is -0.117. The molecular weight excluding hydrogens is 502 g/mol. The highest BCUT2D eigenvalue weighted by molar-refractivity contribution is 9.10. The molecule has 1 aliphatic rings. The van der Waals surface area contributed by atoms with Gasteiger partial charge in [0, 0.05) is 21.6 Å². The van der Waals surface area contributed by atoms with Gasteiger partial charge in [-0.1, -0.05) is 22.0 Å². The Labute approximate surface area is 203 Å². The number of hydrogen-bond donors (Lipinski definition) is 1. The van der Waals surface area contributed by atoms with Crippen molar-refractivity contribution in [2.75, 3.05) is 11.5 Å². The minimum absolute atomic E-state index is 0.0145. The van der Waals surface area contributed by atoms with Gasteiger partial charge in [0.1, 0.15) is 28.9 Å². The predicted molar refractivity (Wildman–Crippen MR) is 129 cm³/mol. The van der Waals surface area contributed by atoms with Crippen LogP contribution in [0.2, 0.25) is 0 Å². The van der Waals surface area contributed by atoms with Crippen LogP contribution in [0, 0.1) is 6.92 Å². The van der Waals surface area contributed by atoms with E-state index in [4.69, 9.17) is 13.6 Å². The summed E-state index contributed by atoms with van der Waals surface area (Å²) in [5.74, 6) is -0.427. The Morgan fingerprint density at radius 3 is 2.68 bits per heavy atom. The number of Topliss-reactive ketones (excluding diaryl/α,β-unsaturated/α-hetero) is 1. The van der Waals surface area contributed by atoms with Gasteiger partial charge >= 0.3 is 0 Å². The van der Waals surface area contributed by atoms with E-state index in [1.807, 2.05) is 13.0 Å². The van der Waals surface area contributed by atoms with Gasteiger partial charge in [-0.05, 0) is 62.4 Å². The summed E-state index contributed by atoms with van der Waals surface area (Å²) in [4.78, 5) is 28.2. The molecule has 0 aliphatic carbocycles. The quantitative estimate of drug-likeness (QED) is 0.300. The lowest BCUT2D eigenvalue weighted by atomic mass is 9.99. The van der Waals surface area contributed by atoms with Crippen molar-refractivity contribution in [1.82, 2.24) is 0 Å². The van der Waals surface area contributed by atoms with Crippen LogP contribution < -0.4 is 9.64 Å². The molecule has 0 bridgehead atoms. The Morgan fingerprint density at radius 1 is 1.12 bits per heavy atom. The number of benzene rings is 2. The number of aliphatic hydroxyl groups excluding tert-OH is 1. The van der Waals surface area contributed by atoms with Crippen LogP contribution in [-0.2, 0) is 4.79 Å². The van der Waals surface area contributed by atoms with Crippen LogP contribution in [0.3, 0.4) is 0 Å². The van der Waals surface area contributed by atoms with Crippen LogP contribution in [0.5, 0.6) is 5.75 Å². The topological polar surface area (TPSA) is 93.1 Å². The Hall–Kier alpha value is -3.78. The average Bonchev–Trinajstić information content (AvgIpc) is 3.50. The van der Waals surface area contributed by atoms with Gasteiger partial charge in [0.05, 0.1) is 12.2 Å². The number of nitrogens with zero attached hydrogens (tertiary/aromatic N) is 1. The molecule has 0 radical (unpaired) electrons. The number of anilines is 1. The largest absolute Gasteiger partial charge is 0.503 e. The molecular formula is C26H20BrNO6. The number of rotatable bonds is 6. The number of hydrogen-bond acceptors (Lipinski definition) is 6. The molecule has 1 amide bonds. The third-order valence-electron chi connectivity index (χ3n) is 5.59. The maximum absolute atomic E-state index is 13.6. The number of aliphatic hydroxyl groups is 1. The Bertz CT molecular complexity index is 1460. The molecule has 2 aromatic heterocycles. The van der Waals surface area contributed by atoms with E-state index in [1.165, 1.54) is 4.90 Å². The van der Waals surface area contributed by atoms with Crippen molar-refractivity contribution in [1.29, 1.82) is 0 Å². The fourth-order valence-corrected chi connectivity index (χ4v) is 4.50. The number of aryl methyl sites for hydroxylation is 1. The van der Waals surface area contributed by atoms with Crippen molar-refractivity contribution in [2.45, 2.75) is 19.9 Å². The molecule has 2 aromatic carbocycles. The van der Waals surface area contributed by atoms with E-state index in [1.54, 1.807) is 61.5 Å². The number of halogens is 1. The second-order valence-electron chi connectivity index (χ2n) is 7.84. The predicted octanol–water partition coefficient (Wildman–Crippen LogP) is 6.28. The van der Waals surface area contributed by atoms with E-state index in [0.29, 0.717) is 40.5 Å². The number of amides is 1. The average molecular weight is 522 g/mol. The van der Waals surface area contributed by atoms with E-state index in [2.05, 4.69) is 15.9 Å². The highest BCUT2D eigenvalue weighted by Gasteiger charge is 2.47. The normalized spacial score (nSPS) is 16.0. The number of ether oxygens (including phenoxy) is 1. The molecule has 3 heterocycles. The van der Waals surface area contributed by atoms with Crippen LogP contribution in [-0.4, -0.2) is 23.4 Å². The summed E-state index contributed by atoms with van der Waals surface area (Å²) >= 11 is 3.41. The lowest BCUT2D eigenvalue weighted by Crippen LogP contribution is -2.30. The molecule has 7 nitrogen and oxygen atoms in total. The van der Waals surface area contributed by atoms with E-state index in [9.17, 15) is 14.7 Å². The zero-order valence-electron chi connectivity index (χ0n) is 18.4. The number of ketones is 1. The van der Waals surface area contributed by atoms with Crippen LogP contribution in [0.4, 0.5) is 5.69 Å². The number of carbonyl (C=O) groups is 2. The molecule has 0 spiro atoms. The minimum Gasteiger partial charge on any atom is -0.503 e. The molecule has 4 aromatic rings. The van der Waals surface area contributed by atoms with Crippen LogP contribution >= 0.6 is 15.9 Å². The Kier molecular flexibility index (Phi) is 5.53. The van der Waals surface area contributed by atoms with Gasteiger partial charge < -0.3 is 18.7 Å². The molecule has 8 heteroatoms. The third kappa shape index (κ3) is 3.70. The van der Waals surface area contributed by atoms with Gasteiger partial charge in [0.2, 0.25) is 5.78 Å². The maximum Gasteiger partial charge on any atom is 0.294 e. The monoisotopic (exact) mass is 521 g/mol. The summed E-state index contributed by atoms with van der Waals surface area (Å²) in [7, 11) is 0. The van der Waals surface area contributed by atoms with E-state index < -0.39 is 23.5 Å². The van der Waals surface area contributed by atoms with E-state index in [0.717, 1.165) is 4.47 Å². The number of furan rings is 2. The third-order valence-corrected chi connectivity index (χ3v) is 6.09. The SMILES string of the molecule is CCOc1cccc(N2C(=O)C(O)=C(C(=O)c3cc4cc(Br)ccc4o3)C2c2ccc(C)o2)c1. The second kappa shape index (κ2) is 8.53. The Morgan fingerprint density at radius 2 is 1.94 bits per heavy atom. The fraction of sp³-hybridized carbons (Fsp3) is 0.154. The first-order valence-electron chi connectivity index (χ1n) is 10.7. The highest BCUT2D eigenvalue weighted by Crippen LogP contribution is 2.43. The molecule has 172 valence electrons. The van der Waals surface area contributed by atoms with Gasteiger partial charge in [0.15, 0.2) is 11.5 Å².